The van der Waals surface area contributed by atoms with Gasteiger partial charge in [-0.25, -0.2) is 4.79 Å². The number of aromatic carboxylic acids is 1. The Bertz CT molecular complexity index is 240. The fourth-order valence-electron chi connectivity index (χ4n) is 0.673. The Morgan fingerprint density at radius 3 is 2.80 bits per heavy atom. The minimum Gasteiger partial charge on any atom is -0.477 e. The first-order valence-corrected chi connectivity index (χ1v) is 3.92. The molecular formula is C7H8O2S. The molecule has 0 aromatic carbocycles. The summed E-state index contributed by atoms with van der Waals surface area (Å²) in [5, 5.41) is 10.4. The van der Waals surface area contributed by atoms with E-state index in [1.165, 1.54) is 11.3 Å². The molecule has 0 saturated carbocycles. The Morgan fingerprint density at radius 2 is 2.50 bits per heavy atom. The summed E-state index contributed by atoms with van der Waals surface area (Å²) in [6.45, 7) is 2.01. The molecule has 1 aromatic heterocycles. The Morgan fingerprint density at radius 1 is 1.80 bits per heavy atom. The predicted molar refractivity (Wildman–Crippen MR) is 40.7 cm³/mol. The summed E-state index contributed by atoms with van der Waals surface area (Å²) in [4.78, 5) is 10.8. The van der Waals surface area contributed by atoms with Crippen molar-refractivity contribution in [3.63, 3.8) is 0 Å². The second-order valence-corrected chi connectivity index (χ2v) is 2.89. The van der Waals surface area contributed by atoms with Crippen LogP contribution in [0.25, 0.3) is 0 Å². The van der Waals surface area contributed by atoms with Crippen LogP contribution in [0.3, 0.4) is 0 Å². The summed E-state index contributed by atoms with van der Waals surface area (Å²) in [5.41, 5.74) is 1.10. The minimum absolute atomic E-state index is 0.428. The van der Waals surface area contributed by atoms with Crippen LogP contribution in [0.5, 0.6) is 0 Å². The van der Waals surface area contributed by atoms with Crippen molar-refractivity contribution in [1.82, 2.24) is 0 Å². The number of carboxylic acids is 1. The van der Waals surface area contributed by atoms with Crippen LogP contribution in [-0.4, -0.2) is 11.1 Å². The molecule has 10 heavy (non-hydrogen) atoms. The molecule has 0 saturated heterocycles. The molecule has 54 valence electrons. The van der Waals surface area contributed by atoms with Crippen LogP contribution in [0, 0.1) is 0 Å². The summed E-state index contributed by atoms with van der Waals surface area (Å²) in [6.07, 6.45) is 0.907. The van der Waals surface area contributed by atoms with Gasteiger partial charge in [-0.2, -0.15) is 0 Å². The van der Waals surface area contributed by atoms with Gasteiger partial charge < -0.3 is 5.11 Å². The van der Waals surface area contributed by atoms with Crippen LogP contribution in [0.1, 0.15) is 22.2 Å². The van der Waals surface area contributed by atoms with Crippen molar-refractivity contribution in [1.29, 1.82) is 0 Å². The number of hydrogen-bond acceptors (Lipinski definition) is 2. The standard InChI is InChI=1S/C7H8O2S/c1-2-5-3-6(7(8)9)10-4-5/h3-4H,2H2,1H3,(H,8,9). The molecule has 1 aromatic rings. The van der Waals surface area contributed by atoms with Gasteiger partial charge in [0.2, 0.25) is 0 Å². The topological polar surface area (TPSA) is 37.3 Å². The van der Waals surface area contributed by atoms with E-state index in [-0.39, 0.29) is 0 Å². The lowest BCUT2D eigenvalue weighted by molar-refractivity contribution is 0.0702. The molecule has 0 aliphatic carbocycles. The van der Waals surface area contributed by atoms with Crippen molar-refractivity contribution in [3.8, 4) is 0 Å². The number of rotatable bonds is 2. The lowest BCUT2D eigenvalue weighted by atomic mass is 10.2. The highest BCUT2D eigenvalue weighted by molar-refractivity contribution is 7.12. The Hall–Kier alpha value is -0.830. The van der Waals surface area contributed by atoms with Crippen molar-refractivity contribution in [2.75, 3.05) is 0 Å². The molecule has 0 aliphatic heterocycles. The fraction of sp³-hybridized carbons (Fsp3) is 0.286. The van der Waals surface area contributed by atoms with E-state index in [0.29, 0.717) is 4.88 Å². The molecule has 0 aliphatic rings. The van der Waals surface area contributed by atoms with E-state index in [4.69, 9.17) is 5.11 Å². The third-order valence-electron chi connectivity index (χ3n) is 1.27. The quantitative estimate of drug-likeness (QED) is 0.711. The Labute approximate surface area is 63.1 Å². The van der Waals surface area contributed by atoms with Gasteiger partial charge in [-0.15, -0.1) is 11.3 Å². The zero-order valence-electron chi connectivity index (χ0n) is 5.63. The van der Waals surface area contributed by atoms with Gasteiger partial charge in [0.05, 0.1) is 0 Å². The predicted octanol–water partition coefficient (Wildman–Crippen LogP) is 2.01. The maximum Gasteiger partial charge on any atom is 0.345 e. The molecule has 1 N–H and O–H groups in total. The van der Waals surface area contributed by atoms with Crippen LogP contribution >= 0.6 is 11.3 Å². The van der Waals surface area contributed by atoms with Crippen molar-refractivity contribution in [2.45, 2.75) is 13.3 Å². The number of carboxylic acid groups (broad SMARTS) is 1. The van der Waals surface area contributed by atoms with Crippen LogP contribution in [0.4, 0.5) is 0 Å². The highest BCUT2D eigenvalue weighted by Crippen LogP contribution is 2.14. The maximum atomic E-state index is 10.3. The third kappa shape index (κ3) is 1.36. The summed E-state index contributed by atoms with van der Waals surface area (Å²) in [5.74, 6) is -0.829. The smallest absolute Gasteiger partial charge is 0.345 e. The van der Waals surface area contributed by atoms with Crippen LogP contribution in [0.2, 0.25) is 0 Å². The van der Waals surface area contributed by atoms with Gasteiger partial charge in [0.15, 0.2) is 0 Å². The largest absolute Gasteiger partial charge is 0.477 e. The molecule has 0 radical (unpaired) electrons. The summed E-state index contributed by atoms with van der Waals surface area (Å²) in [6, 6.07) is 1.72. The van der Waals surface area contributed by atoms with E-state index in [9.17, 15) is 4.79 Å². The first-order valence-electron chi connectivity index (χ1n) is 3.04. The lowest BCUT2D eigenvalue weighted by Crippen LogP contribution is -1.90. The molecule has 0 unspecified atom stereocenters. The van der Waals surface area contributed by atoms with E-state index in [0.717, 1.165) is 12.0 Å². The van der Waals surface area contributed by atoms with Gasteiger partial charge in [0.25, 0.3) is 0 Å². The number of hydrogen-bond donors (Lipinski definition) is 1. The SMILES string of the molecule is CCc1csc(C(=O)O)c1. The molecule has 0 bridgehead atoms. The molecule has 0 amide bonds. The molecular weight excluding hydrogens is 148 g/mol. The molecule has 0 fully saturated rings. The summed E-state index contributed by atoms with van der Waals surface area (Å²) in [7, 11) is 0. The zero-order valence-corrected chi connectivity index (χ0v) is 6.44. The third-order valence-corrected chi connectivity index (χ3v) is 2.24. The average molecular weight is 156 g/mol. The maximum absolute atomic E-state index is 10.3. The van der Waals surface area contributed by atoms with E-state index >= 15 is 0 Å². The van der Waals surface area contributed by atoms with Crippen LogP contribution in [-0.2, 0) is 6.42 Å². The molecule has 0 atom stereocenters. The molecule has 3 heteroatoms. The Kier molecular flexibility index (Phi) is 2.06. The minimum atomic E-state index is -0.829. The van der Waals surface area contributed by atoms with Crippen molar-refractivity contribution in [3.05, 3.63) is 21.9 Å². The van der Waals surface area contributed by atoms with Gasteiger partial charge in [-0.05, 0) is 23.4 Å². The van der Waals surface area contributed by atoms with E-state index in [1.54, 1.807) is 6.07 Å². The van der Waals surface area contributed by atoms with E-state index in [2.05, 4.69) is 0 Å². The van der Waals surface area contributed by atoms with Crippen molar-refractivity contribution in [2.24, 2.45) is 0 Å². The van der Waals surface area contributed by atoms with E-state index in [1.807, 2.05) is 12.3 Å². The van der Waals surface area contributed by atoms with Crippen molar-refractivity contribution < 1.29 is 9.90 Å². The van der Waals surface area contributed by atoms with Crippen LogP contribution in [0.15, 0.2) is 11.4 Å². The normalized spacial score (nSPS) is 9.70. The highest BCUT2D eigenvalue weighted by atomic mass is 32.1. The average Bonchev–Trinajstić information content (AvgIpc) is 2.34. The zero-order chi connectivity index (χ0) is 7.56. The number of thiophene rings is 1. The van der Waals surface area contributed by atoms with Gasteiger partial charge in [0.1, 0.15) is 4.88 Å². The second-order valence-electron chi connectivity index (χ2n) is 1.98. The fourth-order valence-corrected chi connectivity index (χ4v) is 1.51. The molecule has 1 rings (SSSR count). The first kappa shape index (κ1) is 7.28. The van der Waals surface area contributed by atoms with Gasteiger partial charge in [-0.1, -0.05) is 6.92 Å². The molecule has 1 heterocycles. The first-order chi connectivity index (χ1) is 4.74. The summed E-state index contributed by atoms with van der Waals surface area (Å²) >= 11 is 1.28. The van der Waals surface area contributed by atoms with Crippen molar-refractivity contribution >= 4 is 17.3 Å². The Balaban J connectivity index is 2.88. The lowest BCUT2D eigenvalue weighted by Gasteiger charge is -1.82. The number of aryl methyl sites for hydroxylation is 1. The van der Waals surface area contributed by atoms with E-state index < -0.39 is 5.97 Å². The summed E-state index contributed by atoms with van der Waals surface area (Å²) < 4.78 is 0. The van der Waals surface area contributed by atoms with Gasteiger partial charge >= 0.3 is 5.97 Å². The van der Waals surface area contributed by atoms with Crippen LogP contribution < -0.4 is 0 Å². The monoisotopic (exact) mass is 156 g/mol. The van der Waals surface area contributed by atoms with Gasteiger partial charge in [0, 0.05) is 0 Å². The second kappa shape index (κ2) is 2.84. The molecule has 0 spiro atoms. The number of carbonyl (C=O) groups is 1. The molecule has 2 nitrogen and oxygen atoms in total. The highest BCUT2D eigenvalue weighted by Gasteiger charge is 2.04. The van der Waals surface area contributed by atoms with Gasteiger partial charge in [-0.3, -0.25) is 0 Å².